The van der Waals surface area contributed by atoms with E-state index in [0.29, 0.717) is 28.6 Å². The van der Waals surface area contributed by atoms with Crippen LogP contribution in [0.3, 0.4) is 0 Å². The van der Waals surface area contributed by atoms with Gasteiger partial charge >= 0.3 is 0 Å². The van der Waals surface area contributed by atoms with Gasteiger partial charge in [0.2, 0.25) is 5.91 Å². The number of sulfone groups is 1. The Morgan fingerprint density at radius 3 is 2.29 bits per heavy atom. The van der Waals surface area contributed by atoms with Gasteiger partial charge in [-0.2, -0.15) is 0 Å². The molecule has 2 fully saturated rings. The third-order valence-electron chi connectivity index (χ3n) is 5.84. The van der Waals surface area contributed by atoms with Crippen LogP contribution in [0, 0.1) is 5.92 Å². The maximum atomic E-state index is 12.9. The molecular formula is C24H30N4O4S2. The van der Waals surface area contributed by atoms with Crippen LogP contribution in [0.2, 0.25) is 0 Å². The first kappa shape index (κ1) is 24.7. The minimum absolute atomic E-state index is 0.0852. The molecule has 0 spiro atoms. The SMILES string of the molecule is CCN(C(=O)c1ccc(NC(=O)Cc2ccc(S(=O)(=O)CC3CC3)cc2)cc1)C1NNC(C)S1. The summed E-state index contributed by atoms with van der Waals surface area (Å²) in [5, 5.41) is 3.05. The Labute approximate surface area is 204 Å². The maximum absolute atomic E-state index is 12.9. The molecule has 1 aliphatic carbocycles. The van der Waals surface area contributed by atoms with Crippen LogP contribution in [0.25, 0.3) is 0 Å². The number of nitrogens with one attached hydrogen (secondary N) is 3. The Bertz CT molecular complexity index is 1130. The Morgan fingerprint density at radius 1 is 1.06 bits per heavy atom. The Balaban J connectivity index is 1.32. The summed E-state index contributed by atoms with van der Waals surface area (Å²) in [5.41, 5.74) is 7.96. The van der Waals surface area contributed by atoms with Gasteiger partial charge < -0.3 is 10.2 Å². The fourth-order valence-electron chi connectivity index (χ4n) is 3.78. The number of carbonyl (C=O) groups is 2. The lowest BCUT2D eigenvalue weighted by molar-refractivity contribution is -0.115. The predicted octanol–water partition coefficient (Wildman–Crippen LogP) is 2.98. The monoisotopic (exact) mass is 502 g/mol. The van der Waals surface area contributed by atoms with Crippen molar-refractivity contribution in [2.75, 3.05) is 17.6 Å². The summed E-state index contributed by atoms with van der Waals surface area (Å²) in [6, 6.07) is 13.4. The zero-order valence-electron chi connectivity index (χ0n) is 19.3. The van der Waals surface area contributed by atoms with E-state index in [0.717, 1.165) is 18.4 Å². The molecule has 1 saturated heterocycles. The summed E-state index contributed by atoms with van der Waals surface area (Å²) in [4.78, 5) is 27.5. The number of hydrazine groups is 1. The molecule has 2 aromatic rings. The quantitative estimate of drug-likeness (QED) is 0.484. The van der Waals surface area contributed by atoms with Crippen molar-refractivity contribution in [1.29, 1.82) is 0 Å². The normalized spacial score (nSPS) is 20.2. The van der Waals surface area contributed by atoms with Crippen molar-refractivity contribution in [2.24, 2.45) is 5.92 Å². The van der Waals surface area contributed by atoms with E-state index in [-0.39, 0.29) is 34.9 Å². The molecule has 2 aromatic carbocycles. The lowest BCUT2D eigenvalue weighted by Crippen LogP contribution is -2.46. The Morgan fingerprint density at radius 2 is 1.74 bits per heavy atom. The van der Waals surface area contributed by atoms with Crippen molar-refractivity contribution in [2.45, 2.75) is 48.9 Å². The van der Waals surface area contributed by atoms with Gasteiger partial charge in [0, 0.05) is 17.8 Å². The van der Waals surface area contributed by atoms with Crippen molar-refractivity contribution in [3.63, 3.8) is 0 Å². The summed E-state index contributed by atoms with van der Waals surface area (Å²) in [5.74, 6) is 0.196. The van der Waals surface area contributed by atoms with Crippen LogP contribution in [0.15, 0.2) is 53.4 Å². The number of rotatable bonds is 9. The molecular weight excluding hydrogens is 472 g/mol. The van der Waals surface area contributed by atoms with Crippen molar-refractivity contribution in [3.8, 4) is 0 Å². The molecule has 0 radical (unpaired) electrons. The highest BCUT2D eigenvalue weighted by Crippen LogP contribution is 2.32. The molecule has 8 nitrogen and oxygen atoms in total. The molecule has 2 unspecified atom stereocenters. The highest BCUT2D eigenvalue weighted by atomic mass is 32.2. The number of amides is 2. The van der Waals surface area contributed by atoms with Gasteiger partial charge in [-0.1, -0.05) is 12.1 Å². The topological polar surface area (TPSA) is 108 Å². The lowest BCUT2D eigenvalue weighted by Gasteiger charge is -2.26. The molecule has 182 valence electrons. The summed E-state index contributed by atoms with van der Waals surface area (Å²) in [7, 11) is -3.26. The second-order valence-electron chi connectivity index (χ2n) is 8.68. The number of benzene rings is 2. The minimum atomic E-state index is -3.26. The summed E-state index contributed by atoms with van der Waals surface area (Å²) in [6.07, 6.45) is 2.09. The molecule has 1 heterocycles. The molecule has 0 aromatic heterocycles. The fraction of sp³-hybridized carbons (Fsp3) is 0.417. The molecule has 1 saturated carbocycles. The van der Waals surface area contributed by atoms with Gasteiger partial charge in [0.15, 0.2) is 9.84 Å². The van der Waals surface area contributed by atoms with Crippen LogP contribution in [-0.4, -0.2) is 48.3 Å². The summed E-state index contributed by atoms with van der Waals surface area (Å²) in [6.45, 7) is 4.53. The van der Waals surface area contributed by atoms with Gasteiger partial charge in [-0.3, -0.25) is 9.59 Å². The Kier molecular flexibility index (Phi) is 7.61. The molecule has 1 aliphatic heterocycles. The highest BCUT2D eigenvalue weighted by Gasteiger charge is 2.30. The first-order chi connectivity index (χ1) is 16.2. The number of hydrogen-bond acceptors (Lipinski definition) is 7. The molecule has 4 rings (SSSR count). The minimum Gasteiger partial charge on any atom is -0.326 e. The first-order valence-corrected chi connectivity index (χ1v) is 14.0. The molecule has 2 amide bonds. The highest BCUT2D eigenvalue weighted by molar-refractivity contribution is 8.00. The zero-order chi connectivity index (χ0) is 24.3. The van der Waals surface area contributed by atoms with Crippen molar-refractivity contribution in [1.82, 2.24) is 15.8 Å². The van der Waals surface area contributed by atoms with E-state index < -0.39 is 9.84 Å². The van der Waals surface area contributed by atoms with Crippen LogP contribution in [0.1, 0.15) is 42.6 Å². The third-order valence-corrected chi connectivity index (χ3v) is 8.90. The van der Waals surface area contributed by atoms with Crippen molar-refractivity contribution < 1.29 is 18.0 Å². The smallest absolute Gasteiger partial charge is 0.255 e. The van der Waals surface area contributed by atoms with E-state index in [9.17, 15) is 18.0 Å². The number of carbonyl (C=O) groups excluding carboxylic acids is 2. The van der Waals surface area contributed by atoms with E-state index in [1.165, 1.54) is 0 Å². The van der Waals surface area contributed by atoms with Crippen molar-refractivity contribution in [3.05, 3.63) is 59.7 Å². The lowest BCUT2D eigenvalue weighted by atomic mass is 10.1. The first-order valence-electron chi connectivity index (χ1n) is 11.4. The summed E-state index contributed by atoms with van der Waals surface area (Å²) < 4.78 is 24.7. The third kappa shape index (κ3) is 6.18. The number of nitrogens with zero attached hydrogens (tertiary/aromatic N) is 1. The van der Waals surface area contributed by atoms with E-state index in [2.05, 4.69) is 16.2 Å². The second-order valence-corrected chi connectivity index (χ2v) is 12.1. The Hall–Kier alpha value is -2.40. The van der Waals surface area contributed by atoms with Crippen LogP contribution < -0.4 is 16.2 Å². The van der Waals surface area contributed by atoms with Crippen LogP contribution >= 0.6 is 11.8 Å². The zero-order valence-corrected chi connectivity index (χ0v) is 20.9. The van der Waals surface area contributed by atoms with Gasteiger partial charge in [-0.05, 0) is 74.6 Å². The van der Waals surface area contributed by atoms with Gasteiger partial charge in [0.25, 0.3) is 5.91 Å². The van der Waals surface area contributed by atoms with E-state index >= 15 is 0 Å². The molecule has 10 heteroatoms. The molecule has 3 N–H and O–H groups in total. The predicted molar refractivity (Wildman–Crippen MR) is 134 cm³/mol. The van der Waals surface area contributed by atoms with Gasteiger partial charge in [0.1, 0.15) is 5.50 Å². The average Bonchev–Trinajstić information content (AvgIpc) is 3.51. The fourth-order valence-corrected chi connectivity index (χ4v) is 6.52. The molecule has 2 atom stereocenters. The standard InChI is InChI=1S/C24H30N4O4S2/c1-3-28(24-27-26-16(2)33-24)23(30)19-8-10-20(11-9-19)25-22(29)14-17-6-12-21(13-7-17)34(31,32)15-18-4-5-18/h6-13,16,18,24,26-27H,3-5,14-15H2,1-2H3,(H,25,29). The van der Waals surface area contributed by atoms with Crippen LogP contribution in [-0.2, 0) is 21.1 Å². The molecule has 0 bridgehead atoms. The molecule has 34 heavy (non-hydrogen) atoms. The van der Waals surface area contributed by atoms with Gasteiger partial charge in [0.05, 0.1) is 22.4 Å². The van der Waals surface area contributed by atoms with E-state index in [1.54, 1.807) is 65.2 Å². The van der Waals surface area contributed by atoms with Gasteiger partial charge in [-0.25, -0.2) is 19.3 Å². The van der Waals surface area contributed by atoms with Gasteiger partial charge in [-0.15, -0.1) is 11.8 Å². The van der Waals surface area contributed by atoms with Crippen LogP contribution in [0.5, 0.6) is 0 Å². The van der Waals surface area contributed by atoms with E-state index in [4.69, 9.17) is 0 Å². The van der Waals surface area contributed by atoms with Crippen molar-refractivity contribution >= 4 is 39.1 Å². The number of hydrogen-bond donors (Lipinski definition) is 3. The maximum Gasteiger partial charge on any atom is 0.255 e. The number of thioether (sulfide) groups is 1. The van der Waals surface area contributed by atoms with Crippen LogP contribution in [0.4, 0.5) is 5.69 Å². The second kappa shape index (κ2) is 10.5. The largest absolute Gasteiger partial charge is 0.326 e. The molecule has 2 aliphatic rings. The average molecular weight is 503 g/mol. The number of anilines is 1. The van der Waals surface area contributed by atoms with E-state index in [1.807, 2.05) is 13.8 Å². The summed E-state index contributed by atoms with van der Waals surface area (Å²) >= 11 is 1.63.